The van der Waals surface area contributed by atoms with E-state index in [9.17, 15) is 19.5 Å². The van der Waals surface area contributed by atoms with Crippen LogP contribution >= 0.6 is 0 Å². The lowest BCUT2D eigenvalue weighted by atomic mass is 10.1. The maximum absolute atomic E-state index is 12.7. The molecule has 8 nitrogen and oxygen atoms in total. The second-order valence-electron chi connectivity index (χ2n) is 17.0. The Hall–Kier alpha value is -2.45. The molecule has 0 rings (SSSR count). The summed E-state index contributed by atoms with van der Waals surface area (Å²) in [6.07, 6.45) is 45.9. The zero-order chi connectivity index (χ0) is 42.1. The first-order valence-electron chi connectivity index (χ1n) is 23.5. The van der Waals surface area contributed by atoms with Crippen LogP contribution in [-0.4, -0.2) is 75.5 Å². The number of allylic oxidation sites excluding steroid dienone is 6. The lowest BCUT2D eigenvalue weighted by Crippen LogP contribution is -2.55. The number of carbonyl (C=O) groups excluding carboxylic acids is 3. The Balaban J connectivity index is 4.33. The molecular formula is C49H89NO7. The number of esters is 2. The number of likely N-dealkylation sites (N-methyl/N-ethyl adjacent to an activating group) is 1. The molecule has 0 fully saturated rings. The first kappa shape index (κ1) is 54.6. The van der Waals surface area contributed by atoms with Gasteiger partial charge in [-0.25, -0.2) is 0 Å². The molecule has 2 unspecified atom stereocenters. The topological polar surface area (TPSA) is 102 Å². The number of hydrogen-bond acceptors (Lipinski definition) is 7. The van der Waals surface area contributed by atoms with Gasteiger partial charge < -0.3 is 28.6 Å². The molecular weight excluding hydrogens is 715 g/mol. The van der Waals surface area contributed by atoms with Crippen LogP contribution in [0.5, 0.6) is 0 Å². The monoisotopic (exact) mass is 804 g/mol. The molecule has 0 aromatic rings. The van der Waals surface area contributed by atoms with Gasteiger partial charge in [-0.05, 0) is 70.6 Å². The molecule has 2 atom stereocenters. The number of unbranched alkanes of at least 4 members (excludes halogenated alkanes) is 22. The maximum atomic E-state index is 12.7. The van der Waals surface area contributed by atoms with Gasteiger partial charge in [0.25, 0.3) is 0 Å². The number of nitrogens with zero attached hydrogens (tertiary/aromatic N) is 1. The Morgan fingerprint density at radius 2 is 0.930 bits per heavy atom. The van der Waals surface area contributed by atoms with Crippen LogP contribution in [0.3, 0.4) is 0 Å². The van der Waals surface area contributed by atoms with Gasteiger partial charge in [-0.2, -0.15) is 0 Å². The summed E-state index contributed by atoms with van der Waals surface area (Å²) in [7, 11) is 5.41. The summed E-state index contributed by atoms with van der Waals surface area (Å²) in [6.45, 7) is 4.63. The molecule has 57 heavy (non-hydrogen) atoms. The molecule has 0 aliphatic heterocycles. The van der Waals surface area contributed by atoms with E-state index in [4.69, 9.17) is 14.2 Å². The molecule has 0 spiro atoms. The van der Waals surface area contributed by atoms with E-state index in [-0.39, 0.29) is 42.7 Å². The van der Waals surface area contributed by atoms with Gasteiger partial charge in [-0.3, -0.25) is 9.59 Å². The van der Waals surface area contributed by atoms with Crippen LogP contribution < -0.4 is 5.11 Å². The van der Waals surface area contributed by atoms with Crippen molar-refractivity contribution in [1.82, 2.24) is 0 Å². The lowest BCUT2D eigenvalue weighted by molar-refractivity contribution is -0.889. The zero-order valence-electron chi connectivity index (χ0n) is 37.8. The summed E-state index contributed by atoms with van der Waals surface area (Å²) < 4.78 is 17.2. The maximum Gasteiger partial charge on any atom is 0.306 e. The summed E-state index contributed by atoms with van der Waals surface area (Å²) >= 11 is 0. The summed E-state index contributed by atoms with van der Waals surface area (Å²) in [5.74, 6) is -1.75. The highest BCUT2D eigenvalue weighted by Gasteiger charge is 2.25. The smallest absolute Gasteiger partial charge is 0.306 e. The average molecular weight is 804 g/mol. The molecule has 0 radical (unpaired) electrons. The number of aliphatic carboxylic acids is 1. The van der Waals surface area contributed by atoms with E-state index >= 15 is 0 Å². The molecule has 8 heteroatoms. The summed E-state index contributed by atoms with van der Waals surface area (Å²) in [4.78, 5) is 36.9. The van der Waals surface area contributed by atoms with E-state index in [1.807, 2.05) is 0 Å². The molecule has 0 aliphatic carbocycles. The largest absolute Gasteiger partial charge is 0.544 e. The number of quaternary nitrogens is 1. The summed E-state index contributed by atoms with van der Waals surface area (Å²) in [5, 5.41) is 11.6. The van der Waals surface area contributed by atoms with Crippen LogP contribution in [0, 0.1) is 0 Å². The van der Waals surface area contributed by atoms with Crippen LogP contribution in [0.25, 0.3) is 0 Å². The predicted molar refractivity (Wildman–Crippen MR) is 236 cm³/mol. The fraction of sp³-hybridized carbons (Fsp3) is 0.816. The number of carboxylic acid groups (broad SMARTS) is 1. The molecule has 0 saturated heterocycles. The summed E-state index contributed by atoms with van der Waals surface area (Å²) in [5.41, 5.74) is 0. The number of carboxylic acids is 1. The Bertz CT molecular complexity index is 1030. The van der Waals surface area contributed by atoms with Gasteiger partial charge >= 0.3 is 11.9 Å². The molecule has 0 heterocycles. The Morgan fingerprint density at radius 3 is 1.40 bits per heavy atom. The van der Waals surface area contributed by atoms with E-state index in [2.05, 4.69) is 50.3 Å². The zero-order valence-corrected chi connectivity index (χ0v) is 37.8. The average Bonchev–Trinajstić information content (AvgIpc) is 3.17. The van der Waals surface area contributed by atoms with Gasteiger partial charge in [-0.15, -0.1) is 0 Å². The van der Waals surface area contributed by atoms with Crippen molar-refractivity contribution in [1.29, 1.82) is 0 Å². The third kappa shape index (κ3) is 38.8. The van der Waals surface area contributed by atoms with Crippen molar-refractivity contribution in [2.24, 2.45) is 0 Å². The van der Waals surface area contributed by atoms with Crippen molar-refractivity contribution in [3.05, 3.63) is 36.5 Å². The fourth-order valence-electron chi connectivity index (χ4n) is 6.80. The second-order valence-corrected chi connectivity index (χ2v) is 17.0. The Morgan fingerprint density at radius 1 is 0.526 bits per heavy atom. The molecule has 0 aromatic heterocycles. The molecule has 0 aromatic carbocycles. The number of ether oxygens (including phenoxy) is 3. The molecule has 332 valence electrons. The highest BCUT2D eigenvalue weighted by molar-refractivity contribution is 5.70. The number of carbonyl (C=O) groups is 3. The van der Waals surface area contributed by atoms with E-state index in [0.717, 1.165) is 64.2 Å². The van der Waals surface area contributed by atoms with Crippen LogP contribution in [0.2, 0.25) is 0 Å². The van der Waals surface area contributed by atoms with Gasteiger partial charge in [0.1, 0.15) is 12.6 Å². The number of hydrogen-bond donors (Lipinski definition) is 0. The highest BCUT2D eigenvalue weighted by Crippen LogP contribution is 2.14. The first-order chi connectivity index (χ1) is 27.6. The van der Waals surface area contributed by atoms with E-state index in [1.165, 1.54) is 109 Å². The minimum Gasteiger partial charge on any atom is -0.544 e. The van der Waals surface area contributed by atoms with Crippen LogP contribution in [0.15, 0.2) is 36.5 Å². The standard InChI is InChI=1S/C49H89NO7/c1-6-8-10-12-14-16-18-20-22-24-26-27-29-31-33-35-37-39-47(51)56-44-45(43-55-42-41-46(49(53)54)50(3,4)5)57-48(52)40-38-36-34-32-30-28-25-23-21-19-17-15-13-11-9-7-2/h14,16,20,22-23,25,45-46H,6-13,15,17-19,21,24,26-44H2,1-5H3/b16-14+,22-20+,25-23+. The third-order valence-electron chi connectivity index (χ3n) is 10.5. The van der Waals surface area contributed by atoms with E-state index in [1.54, 1.807) is 21.1 Å². The van der Waals surface area contributed by atoms with Crippen molar-refractivity contribution in [3.8, 4) is 0 Å². The second kappa shape index (κ2) is 40.3. The lowest BCUT2D eigenvalue weighted by Gasteiger charge is -2.34. The number of rotatable bonds is 42. The van der Waals surface area contributed by atoms with Crippen LogP contribution in [0.1, 0.15) is 206 Å². The quantitative estimate of drug-likeness (QED) is 0.0262. The van der Waals surface area contributed by atoms with Gasteiger partial charge in [0.05, 0.1) is 40.3 Å². The SMILES string of the molecule is CCCCC/C=C/C/C=C/CCCCCCCCCC(=O)OCC(COCCC(C(=O)[O-])[N+](C)(C)C)OC(=O)CCCCCCC/C=C/CCCCCCCCC. The minimum absolute atomic E-state index is 0.0361. The van der Waals surface area contributed by atoms with Crippen LogP contribution in [-0.2, 0) is 28.6 Å². The van der Waals surface area contributed by atoms with Gasteiger partial charge in [0.2, 0.25) is 0 Å². The van der Waals surface area contributed by atoms with Gasteiger partial charge in [-0.1, -0.05) is 153 Å². The minimum atomic E-state index is -1.13. The Labute approximate surface area is 351 Å². The molecule has 0 aliphatic rings. The van der Waals surface area contributed by atoms with E-state index in [0.29, 0.717) is 12.8 Å². The fourth-order valence-corrected chi connectivity index (χ4v) is 6.80. The first-order valence-corrected chi connectivity index (χ1v) is 23.5. The van der Waals surface area contributed by atoms with Crippen molar-refractivity contribution >= 4 is 17.9 Å². The Kier molecular flexibility index (Phi) is 38.6. The molecule has 0 saturated carbocycles. The summed E-state index contributed by atoms with van der Waals surface area (Å²) in [6, 6.07) is -0.727. The van der Waals surface area contributed by atoms with E-state index < -0.39 is 18.1 Å². The van der Waals surface area contributed by atoms with Crippen LogP contribution in [0.4, 0.5) is 0 Å². The molecule has 0 amide bonds. The van der Waals surface area contributed by atoms with Crippen molar-refractivity contribution in [2.45, 2.75) is 219 Å². The van der Waals surface area contributed by atoms with Crippen molar-refractivity contribution < 1.29 is 38.2 Å². The molecule has 0 bridgehead atoms. The van der Waals surface area contributed by atoms with Crippen molar-refractivity contribution in [3.63, 3.8) is 0 Å². The highest BCUT2D eigenvalue weighted by atomic mass is 16.6. The van der Waals surface area contributed by atoms with Crippen molar-refractivity contribution in [2.75, 3.05) is 41.0 Å². The van der Waals surface area contributed by atoms with Gasteiger partial charge in [0.15, 0.2) is 6.10 Å². The predicted octanol–water partition coefficient (Wildman–Crippen LogP) is 11.7. The van der Waals surface area contributed by atoms with Gasteiger partial charge in [0, 0.05) is 19.3 Å². The third-order valence-corrected chi connectivity index (χ3v) is 10.5. The normalized spacial score (nSPS) is 13.2. The molecule has 0 N–H and O–H groups in total.